The molecule has 4 heterocycles. The molecule has 0 saturated carbocycles. The number of benzene rings is 1. The highest BCUT2D eigenvalue weighted by molar-refractivity contribution is 7.91. The van der Waals surface area contributed by atoms with E-state index < -0.39 is 16.2 Å². The Morgan fingerprint density at radius 1 is 1.23 bits per heavy atom. The van der Waals surface area contributed by atoms with Crippen molar-refractivity contribution in [3.8, 4) is 0 Å². The number of halogens is 1. The summed E-state index contributed by atoms with van der Waals surface area (Å²) in [6.45, 7) is 0. The molecule has 154 valence electrons. The molecular weight excluding hydrogens is 432 g/mol. The molecule has 0 spiro atoms. The maximum atomic E-state index is 13.0. The van der Waals surface area contributed by atoms with E-state index in [1.165, 1.54) is 18.7 Å². The number of furan rings is 1. The molecule has 0 radical (unpaired) electrons. The lowest BCUT2D eigenvalue weighted by Gasteiger charge is -2.29. The molecule has 1 aliphatic heterocycles. The summed E-state index contributed by atoms with van der Waals surface area (Å²) in [5, 5.41) is 3.99. The first-order valence-corrected chi connectivity index (χ1v) is 10.5. The van der Waals surface area contributed by atoms with E-state index in [2.05, 4.69) is 14.9 Å². The summed E-state index contributed by atoms with van der Waals surface area (Å²) in [4.78, 5) is 6.00. The Morgan fingerprint density at radius 2 is 2.03 bits per heavy atom. The number of aliphatic imine (C=N–C) groups is 1. The monoisotopic (exact) mass is 446 g/mol. The summed E-state index contributed by atoms with van der Waals surface area (Å²) >= 11 is 6.11. The number of aromatic nitrogens is 2. The number of hydrogen-bond acceptors (Lipinski definition) is 7. The van der Waals surface area contributed by atoms with Gasteiger partial charge in [-0.15, -0.1) is 0 Å². The molecule has 1 aliphatic rings. The predicted molar refractivity (Wildman–Crippen MR) is 114 cm³/mol. The average molecular weight is 447 g/mol. The Hall–Kier alpha value is -3.25. The molecule has 0 saturated heterocycles. The van der Waals surface area contributed by atoms with Crippen LogP contribution in [0.2, 0.25) is 0 Å². The Bertz CT molecular complexity index is 1430. The first-order chi connectivity index (χ1) is 14.4. The second kappa shape index (κ2) is 6.92. The highest BCUT2D eigenvalue weighted by Gasteiger charge is 2.24. The summed E-state index contributed by atoms with van der Waals surface area (Å²) in [6.07, 6.45) is 5.41. The fraction of sp³-hybridized carbons (Fsp3) is 0.0556. The van der Waals surface area contributed by atoms with E-state index >= 15 is 0 Å². The van der Waals surface area contributed by atoms with Gasteiger partial charge in [0.2, 0.25) is 5.88 Å². The van der Waals surface area contributed by atoms with Crippen molar-refractivity contribution in [1.82, 2.24) is 9.24 Å². The third-order valence-electron chi connectivity index (χ3n) is 4.66. The molecule has 0 fully saturated rings. The second-order valence-electron chi connectivity index (χ2n) is 6.49. The molecule has 5 rings (SSSR count). The van der Waals surface area contributed by atoms with E-state index in [0.29, 0.717) is 22.5 Å². The molecule has 2 atom stereocenters. The standard InChI is InChI=1S/C18H15ClN6O4S/c19-25-7-5-15-14(9-22-29-15)18(25)30(26,27)23-11-1-3-12(4-2-11)24-10-21-17-13(16(24)20)6-8-28-17/h1-10,16H,20H2,(H2,23,26,27). The van der Waals surface area contributed by atoms with Crippen LogP contribution in [0.3, 0.4) is 0 Å². The van der Waals surface area contributed by atoms with Gasteiger partial charge in [-0.2, -0.15) is 0 Å². The number of pyridine rings is 1. The van der Waals surface area contributed by atoms with Crippen LogP contribution < -0.4 is 15.4 Å². The van der Waals surface area contributed by atoms with Gasteiger partial charge >= 0.3 is 0 Å². The van der Waals surface area contributed by atoms with Crippen LogP contribution in [0.1, 0.15) is 11.7 Å². The van der Waals surface area contributed by atoms with Crippen LogP contribution in [0.4, 0.5) is 17.3 Å². The summed E-state index contributed by atoms with van der Waals surface area (Å²) in [7, 11) is -3.77. The number of fused-ring (bicyclic) bond motifs is 2. The van der Waals surface area contributed by atoms with E-state index in [1.807, 2.05) is 0 Å². The lowest BCUT2D eigenvalue weighted by molar-refractivity contribution is 0.456. The van der Waals surface area contributed by atoms with Crippen molar-refractivity contribution in [2.75, 3.05) is 9.62 Å². The van der Waals surface area contributed by atoms with Crippen molar-refractivity contribution in [2.45, 2.75) is 6.17 Å². The largest absolute Gasteiger partial charge is 0.446 e. The summed E-state index contributed by atoms with van der Waals surface area (Å²) in [5.74, 6) is 0.481. The number of anilines is 2. The van der Waals surface area contributed by atoms with Crippen LogP contribution in [0.25, 0.3) is 11.0 Å². The Labute approximate surface area is 175 Å². The number of nitrogens with two attached hydrogens (primary N) is 1. The van der Waals surface area contributed by atoms with Gasteiger partial charge in [-0.1, -0.05) is 5.16 Å². The van der Waals surface area contributed by atoms with E-state index in [1.54, 1.807) is 47.6 Å². The summed E-state index contributed by atoms with van der Waals surface area (Å²) < 4.78 is 37.6. The molecule has 0 bridgehead atoms. The Balaban J connectivity index is 1.49. The second-order valence-corrected chi connectivity index (χ2v) is 8.50. The number of nitrogens with one attached hydrogen (secondary N) is 1. The molecule has 10 nitrogen and oxygen atoms in total. The molecule has 4 aromatic rings. The zero-order valence-electron chi connectivity index (χ0n) is 15.2. The van der Waals surface area contributed by atoms with Crippen LogP contribution in [0, 0.1) is 4.64 Å². The lowest BCUT2D eigenvalue weighted by atomic mass is 10.2. The molecular formula is C18H15ClN6O4S. The minimum Gasteiger partial charge on any atom is -0.446 e. The molecule has 1 aromatic carbocycles. The van der Waals surface area contributed by atoms with Crippen LogP contribution in [-0.2, 0) is 9.99 Å². The van der Waals surface area contributed by atoms with Crippen molar-refractivity contribution >= 4 is 56.3 Å². The van der Waals surface area contributed by atoms with E-state index in [-0.39, 0.29) is 4.64 Å². The van der Waals surface area contributed by atoms with Crippen LogP contribution in [0.5, 0.6) is 0 Å². The Morgan fingerprint density at radius 3 is 2.83 bits per heavy atom. The van der Waals surface area contributed by atoms with Gasteiger partial charge in [0.25, 0.3) is 0 Å². The van der Waals surface area contributed by atoms with Gasteiger partial charge < -0.3 is 19.6 Å². The van der Waals surface area contributed by atoms with Crippen molar-refractivity contribution in [3.05, 3.63) is 65.3 Å². The van der Waals surface area contributed by atoms with Crippen LogP contribution >= 0.6 is 11.8 Å². The molecule has 12 heteroatoms. The highest BCUT2D eigenvalue weighted by Crippen LogP contribution is 2.34. The van der Waals surface area contributed by atoms with Crippen LogP contribution in [-0.4, -0.2) is 24.3 Å². The minimum absolute atomic E-state index is 0.0651. The van der Waals surface area contributed by atoms with Crippen molar-refractivity contribution in [1.29, 1.82) is 0 Å². The van der Waals surface area contributed by atoms with Gasteiger partial charge in [-0.05, 0) is 30.3 Å². The molecule has 3 aromatic heterocycles. The molecule has 30 heavy (non-hydrogen) atoms. The molecule has 0 aliphatic carbocycles. The predicted octanol–water partition coefficient (Wildman–Crippen LogP) is 3.68. The molecule has 4 N–H and O–H groups in total. The van der Waals surface area contributed by atoms with E-state index in [0.717, 1.165) is 15.3 Å². The fourth-order valence-electron chi connectivity index (χ4n) is 3.23. The van der Waals surface area contributed by atoms with Gasteiger partial charge in [0, 0.05) is 35.4 Å². The quantitative estimate of drug-likeness (QED) is 0.408. The third-order valence-corrected chi connectivity index (χ3v) is 6.49. The SMILES string of the molecule is NC1c2ccoc2N=CN1c1ccc(NS(=O)(O)=c2c3cnoc3ccn2Cl)cc1. The van der Waals surface area contributed by atoms with Gasteiger partial charge in [-0.3, -0.25) is 9.27 Å². The van der Waals surface area contributed by atoms with Crippen molar-refractivity contribution in [3.63, 3.8) is 0 Å². The zero-order valence-corrected chi connectivity index (χ0v) is 16.7. The number of rotatable bonds is 3. The van der Waals surface area contributed by atoms with Crippen LogP contribution in [0.15, 0.2) is 69.0 Å². The lowest BCUT2D eigenvalue weighted by Crippen LogP contribution is -2.35. The first-order valence-electron chi connectivity index (χ1n) is 8.69. The van der Waals surface area contributed by atoms with E-state index in [9.17, 15) is 8.76 Å². The number of nitrogens with zero attached hydrogens (tertiary/aromatic N) is 4. The minimum atomic E-state index is -3.77. The van der Waals surface area contributed by atoms with Crippen molar-refractivity contribution < 1.29 is 17.7 Å². The normalized spacial score (nSPS) is 17.7. The van der Waals surface area contributed by atoms with Crippen molar-refractivity contribution in [2.24, 2.45) is 10.7 Å². The maximum Gasteiger partial charge on any atom is 0.226 e. The van der Waals surface area contributed by atoms with Gasteiger partial charge in [-0.25, -0.2) is 13.3 Å². The van der Waals surface area contributed by atoms with E-state index in [4.69, 9.17) is 26.5 Å². The highest BCUT2D eigenvalue weighted by atomic mass is 35.5. The maximum absolute atomic E-state index is 13.0. The summed E-state index contributed by atoms with van der Waals surface area (Å²) in [5.41, 5.74) is 8.56. The van der Waals surface area contributed by atoms with Gasteiger partial charge in [0.1, 0.15) is 12.5 Å². The fourth-order valence-corrected chi connectivity index (χ4v) is 4.96. The van der Waals surface area contributed by atoms with Gasteiger partial charge in [0.05, 0.1) is 23.4 Å². The molecule has 2 unspecified atom stereocenters. The Kier molecular flexibility index (Phi) is 4.33. The smallest absolute Gasteiger partial charge is 0.226 e. The molecule has 0 amide bonds. The first kappa shape index (κ1) is 18.8. The third kappa shape index (κ3) is 3.04. The summed E-state index contributed by atoms with van der Waals surface area (Å²) in [6, 6.07) is 10.1. The number of hydrogen-bond donors (Lipinski definition) is 3. The average Bonchev–Trinajstić information content (AvgIpc) is 3.38. The zero-order chi connectivity index (χ0) is 20.9. The van der Waals surface area contributed by atoms with Gasteiger partial charge in [0.15, 0.2) is 20.2 Å². The topological polar surface area (TPSA) is 135 Å².